The number of anilines is 1. The number of hydrogen-bond donors (Lipinski definition) is 3. The van der Waals surface area contributed by atoms with Crippen LogP contribution in [-0.4, -0.2) is 25.0 Å². The Morgan fingerprint density at radius 1 is 1.17 bits per heavy atom. The second-order valence-corrected chi connectivity index (χ2v) is 6.55. The van der Waals surface area contributed by atoms with E-state index in [0.717, 1.165) is 25.7 Å². The number of carbonyl (C=O) groups excluding carboxylic acids is 2. The lowest BCUT2D eigenvalue weighted by atomic mass is 9.71. The second-order valence-electron chi connectivity index (χ2n) is 6.55. The molecule has 1 fully saturated rings. The molecule has 6 heteroatoms. The number of benzene rings is 1. The minimum absolute atomic E-state index is 0.0479. The van der Waals surface area contributed by atoms with Crippen LogP contribution in [0.25, 0.3) is 0 Å². The van der Waals surface area contributed by atoms with Crippen LogP contribution in [0.1, 0.15) is 44.9 Å². The van der Waals surface area contributed by atoms with E-state index in [9.17, 15) is 9.59 Å². The van der Waals surface area contributed by atoms with Crippen LogP contribution in [0.5, 0.6) is 5.75 Å². The quantitative estimate of drug-likeness (QED) is 0.677. The number of nitrogens with one attached hydrogen (secondary N) is 1. The van der Waals surface area contributed by atoms with Gasteiger partial charge in [-0.1, -0.05) is 31.4 Å². The van der Waals surface area contributed by atoms with Crippen molar-refractivity contribution in [2.24, 2.45) is 16.9 Å². The average molecular weight is 333 g/mol. The van der Waals surface area contributed by atoms with Crippen LogP contribution >= 0.6 is 0 Å². The zero-order valence-corrected chi connectivity index (χ0v) is 14.1. The van der Waals surface area contributed by atoms with E-state index < -0.39 is 5.91 Å². The van der Waals surface area contributed by atoms with Crippen LogP contribution in [0, 0.1) is 5.41 Å². The van der Waals surface area contributed by atoms with Crippen molar-refractivity contribution in [2.75, 3.05) is 18.5 Å². The van der Waals surface area contributed by atoms with Gasteiger partial charge in [-0.25, -0.2) is 0 Å². The summed E-state index contributed by atoms with van der Waals surface area (Å²) in [6.07, 6.45) is 6.08. The molecule has 0 radical (unpaired) electrons. The first kappa shape index (κ1) is 18.3. The first-order valence-electron chi connectivity index (χ1n) is 8.55. The zero-order valence-electron chi connectivity index (χ0n) is 14.1. The fraction of sp³-hybridized carbons (Fsp3) is 0.556. The molecule has 0 unspecified atom stereocenters. The highest BCUT2D eigenvalue weighted by Gasteiger charge is 2.33. The van der Waals surface area contributed by atoms with E-state index in [-0.39, 0.29) is 24.3 Å². The maximum absolute atomic E-state index is 12.5. The van der Waals surface area contributed by atoms with E-state index in [1.165, 1.54) is 6.42 Å². The molecule has 0 bridgehead atoms. The van der Waals surface area contributed by atoms with Crippen LogP contribution in [0.3, 0.4) is 0 Å². The number of ether oxygens (including phenoxy) is 1. The molecule has 6 nitrogen and oxygen atoms in total. The van der Waals surface area contributed by atoms with Crippen molar-refractivity contribution in [3.05, 3.63) is 24.3 Å². The van der Waals surface area contributed by atoms with Crippen LogP contribution in [-0.2, 0) is 9.59 Å². The van der Waals surface area contributed by atoms with E-state index in [2.05, 4.69) is 5.32 Å². The smallest absolute Gasteiger partial charge is 0.225 e. The molecule has 2 amide bonds. The van der Waals surface area contributed by atoms with Crippen molar-refractivity contribution in [3.63, 3.8) is 0 Å². The first-order valence-corrected chi connectivity index (χ1v) is 8.55. The van der Waals surface area contributed by atoms with Gasteiger partial charge in [-0.05, 0) is 36.9 Å². The summed E-state index contributed by atoms with van der Waals surface area (Å²) in [5.74, 6) is 0.0737. The monoisotopic (exact) mass is 333 g/mol. The van der Waals surface area contributed by atoms with Gasteiger partial charge < -0.3 is 21.5 Å². The number of primary amides is 1. The summed E-state index contributed by atoms with van der Waals surface area (Å²) in [7, 11) is 0. The molecule has 0 saturated heterocycles. The molecule has 0 atom stereocenters. The molecule has 1 aliphatic rings. The fourth-order valence-electron chi connectivity index (χ4n) is 3.25. The maximum Gasteiger partial charge on any atom is 0.225 e. The van der Waals surface area contributed by atoms with Crippen molar-refractivity contribution in [1.29, 1.82) is 0 Å². The van der Waals surface area contributed by atoms with Crippen molar-refractivity contribution < 1.29 is 14.3 Å². The molecule has 24 heavy (non-hydrogen) atoms. The van der Waals surface area contributed by atoms with Gasteiger partial charge in [-0.2, -0.15) is 0 Å². The molecule has 132 valence electrons. The lowest BCUT2D eigenvalue weighted by Gasteiger charge is -2.35. The van der Waals surface area contributed by atoms with E-state index in [4.69, 9.17) is 16.2 Å². The summed E-state index contributed by atoms with van der Waals surface area (Å²) in [6, 6.07) is 7.19. The predicted octanol–water partition coefficient (Wildman–Crippen LogP) is 2.18. The average Bonchev–Trinajstić information content (AvgIpc) is 2.57. The Kier molecular flexibility index (Phi) is 6.61. The Labute approximate surface area is 142 Å². The first-order chi connectivity index (χ1) is 11.5. The molecule has 1 aromatic carbocycles. The number of amides is 2. The molecule has 0 aromatic heterocycles. The lowest BCUT2D eigenvalue weighted by molar-refractivity contribution is -0.119. The molecule has 0 heterocycles. The number of rotatable bonds is 8. The Balaban J connectivity index is 1.96. The molecule has 1 aromatic rings. The Morgan fingerprint density at radius 2 is 1.88 bits per heavy atom. The third-order valence-electron chi connectivity index (χ3n) is 4.65. The second kappa shape index (κ2) is 8.68. The van der Waals surface area contributed by atoms with Crippen molar-refractivity contribution in [3.8, 4) is 5.75 Å². The SMILES string of the molecule is NCC1(CC(=O)Nc2ccccc2OCCC(N)=O)CCCCC1. The standard InChI is InChI=1S/C18H27N3O3/c19-13-18(9-4-1-5-10-18)12-17(23)21-14-6-2-3-7-15(14)24-11-8-16(20)22/h2-3,6-7H,1,4-5,8-13,19H2,(H2,20,22)(H,21,23). The van der Waals surface area contributed by atoms with Gasteiger partial charge in [-0.3, -0.25) is 9.59 Å². The predicted molar refractivity (Wildman–Crippen MR) is 93.6 cm³/mol. The van der Waals surface area contributed by atoms with Gasteiger partial charge >= 0.3 is 0 Å². The normalized spacial score (nSPS) is 16.4. The number of para-hydroxylation sites is 2. The van der Waals surface area contributed by atoms with Crippen molar-refractivity contribution in [1.82, 2.24) is 0 Å². The van der Waals surface area contributed by atoms with Crippen LogP contribution in [0.2, 0.25) is 0 Å². The summed E-state index contributed by atoms with van der Waals surface area (Å²) in [4.78, 5) is 23.3. The summed E-state index contributed by atoms with van der Waals surface area (Å²) < 4.78 is 5.55. The third-order valence-corrected chi connectivity index (χ3v) is 4.65. The number of nitrogens with two attached hydrogens (primary N) is 2. The van der Waals surface area contributed by atoms with Gasteiger partial charge in [0.1, 0.15) is 5.75 Å². The lowest BCUT2D eigenvalue weighted by Crippen LogP contribution is -2.36. The highest BCUT2D eigenvalue weighted by molar-refractivity contribution is 5.92. The Morgan fingerprint density at radius 3 is 2.54 bits per heavy atom. The Bertz CT molecular complexity index is 568. The molecular weight excluding hydrogens is 306 g/mol. The molecule has 1 saturated carbocycles. The van der Waals surface area contributed by atoms with Crippen LogP contribution in [0.4, 0.5) is 5.69 Å². The highest BCUT2D eigenvalue weighted by atomic mass is 16.5. The molecule has 2 rings (SSSR count). The van der Waals surface area contributed by atoms with E-state index in [0.29, 0.717) is 24.4 Å². The van der Waals surface area contributed by atoms with Crippen molar-refractivity contribution >= 4 is 17.5 Å². The largest absolute Gasteiger partial charge is 0.491 e. The van der Waals surface area contributed by atoms with Gasteiger partial charge in [0.05, 0.1) is 18.7 Å². The van der Waals surface area contributed by atoms with Gasteiger partial charge in [0.15, 0.2) is 0 Å². The highest BCUT2D eigenvalue weighted by Crippen LogP contribution is 2.38. The minimum atomic E-state index is -0.418. The van der Waals surface area contributed by atoms with E-state index >= 15 is 0 Å². The maximum atomic E-state index is 12.5. The van der Waals surface area contributed by atoms with Crippen LogP contribution < -0.4 is 21.5 Å². The summed E-state index contributed by atoms with van der Waals surface area (Å²) in [5, 5.41) is 2.92. The number of hydrogen-bond acceptors (Lipinski definition) is 4. The van der Waals surface area contributed by atoms with E-state index in [1.807, 2.05) is 12.1 Å². The Hall–Kier alpha value is -2.08. The number of carbonyl (C=O) groups is 2. The topological polar surface area (TPSA) is 107 Å². The van der Waals surface area contributed by atoms with Crippen molar-refractivity contribution in [2.45, 2.75) is 44.9 Å². The van der Waals surface area contributed by atoms with Gasteiger partial charge in [0.25, 0.3) is 0 Å². The summed E-state index contributed by atoms with van der Waals surface area (Å²) in [5.41, 5.74) is 11.6. The zero-order chi connectivity index (χ0) is 17.4. The van der Waals surface area contributed by atoms with Gasteiger partial charge in [0.2, 0.25) is 11.8 Å². The minimum Gasteiger partial charge on any atom is -0.491 e. The fourth-order valence-corrected chi connectivity index (χ4v) is 3.25. The van der Waals surface area contributed by atoms with Crippen LogP contribution in [0.15, 0.2) is 24.3 Å². The molecule has 0 spiro atoms. The molecule has 1 aliphatic carbocycles. The van der Waals surface area contributed by atoms with Gasteiger partial charge in [-0.15, -0.1) is 0 Å². The molecular formula is C18H27N3O3. The van der Waals surface area contributed by atoms with E-state index in [1.54, 1.807) is 12.1 Å². The van der Waals surface area contributed by atoms with Gasteiger partial charge in [0, 0.05) is 6.42 Å². The molecule has 0 aliphatic heterocycles. The summed E-state index contributed by atoms with van der Waals surface area (Å²) in [6.45, 7) is 0.728. The third kappa shape index (κ3) is 5.23. The summed E-state index contributed by atoms with van der Waals surface area (Å²) >= 11 is 0. The molecule has 5 N–H and O–H groups in total.